The summed E-state index contributed by atoms with van der Waals surface area (Å²) in [7, 11) is 0. The fraction of sp³-hybridized carbons (Fsp3) is 0.364. The third-order valence-electron chi connectivity index (χ3n) is 4.36. The molecule has 1 aliphatic heterocycles. The van der Waals surface area contributed by atoms with E-state index >= 15 is 0 Å². The Bertz CT molecular complexity index is 925. The second-order valence-corrected chi connectivity index (χ2v) is 8.22. The number of benzene rings is 1. The quantitative estimate of drug-likeness (QED) is 0.660. The van der Waals surface area contributed by atoms with E-state index < -0.39 is 11.4 Å². The number of aromatic nitrogens is 1. The number of carbonyl (C=O) groups excluding carboxylic acids is 1. The summed E-state index contributed by atoms with van der Waals surface area (Å²) in [5.41, 5.74) is 1.75. The maximum atomic E-state index is 14.0. The molecular weight excluding hydrogens is 395 g/mol. The highest BCUT2D eigenvalue weighted by Crippen LogP contribution is 2.30. The zero-order chi connectivity index (χ0) is 21.0. The second-order valence-electron chi connectivity index (χ2n) is 7.79. The lowest BCUT2D eigenvalue weighted by Gasteiger charge is -2.29. The van der Waals surface area contributed by atoms with Crippen LogP contribution in [0, 0.1) is 5.82 Å². The van der Waals surface area contributed by atoms with Gasteiger partial charge >= 0.3 is 6.09 Å². The van der Waals surface area contributed by atoms with Gasteiger partial charge in [0.05, 0.1) is 0 Å². The smallest absolute Gasteiger partial charge is 0.410 e. The van der Waals surface area contributed by atoms with Crippen molar-refractivity contribution in [2.75, 3.05) is 13.1 Å². The molecule has 1 aliphatic rings. The van der Waals surface area contributed by atoms with Crippen LogP contribution >= 0.6 is 11.6 Å². The largest absolute Gasteiger partial charge is 0.472 e. The van der Waals surface area contributed by atoms with Crippen molar-refractivity contribution in [2.24, 2.45) is 0 Å². The maximum Gasteiger partial charge on any atom is 0.410 e. The topological polar surface area (TPSA) is 51.7 Å². The van der Waals surface area contributed by atoms with Crippen LogP contribution in [-0.2, 0) is 11.3 Å². The van der Waals surface area contributed by atoms with Crippen molar-refractivity contribution in [1.29, 1.82) is 0 Å². The summed E-state index contributed by atoms with van der Waals surface area (Å²) >= 11 is 5.79. The SMILES string of the molecule is CC(C)(C)OC(=O)N1CC=C(c2cccnc2OCc2ccc(Cl)cc2F)CC1. The Morgan fingerprint density at radius 1 is 1.31 bits per heavy atom. The number of hydrogen-bond donors (Lipinski definition) is 0. The molecule has 0 radical (unpaired) electrons. The maximum absolute atomic E-state index is 14.0. The molecule has 29 heavy (non-hydrogen) atoms. The Morgan fingerprint density at radius 2 is 2.10 bits per heavy atom. The van der Waals surface area contributed by atoms with Gasteiger partial charge < -0.3 is 14.4 Å². The first-order chi connectivity index (χ1) is 13.7. The van der Waals surface area contributed by atoms with Gasteiger partial charge in [-0.1, -0.05) is 23.7 Å². The minimum absolute atomic E-state index is 0.0460. The first-order valence-electron chi connectivity index (χ1n) is 9.42. The van der Waals surface area contributed by atoms with E-state index in [1.54, 1.807) is 23.2 Å². The molecule has 154 valence electrons. The predicted molar refractivity (Wildman–Crippen MR) is 110 cm³/mol. The second kappa shape index (κ2) is 8.82. The minimum Gasteiger partial charge on any atom is -0.472 e. The van der Waals surface area contributed by atoms with E-state index in [1.165, 1.54) is 6.07 Å². The number of pyridine rings is 1. The van der Waals surface area contributed by atoms with Crippen molar-refractivity contribution in [3.63, 3.8) is 0 Å². The predicted octanol–water partition coefficient (Wildman–Crippen LogP) is 5.48. The lowest BCUT2D eigenvalue weighted by molar-refractivity contribution is 0.0270. The normalized spacial score (nSPS) is 14.4. The Balaban J connectivity index is 1.70. The van der Waals surface area contributed by atoms with E-state index in [0.29, 0.717) is 36.0 Å². The molecular formula is C22H24ClFN2O3. The highest BCUT2D eigenvalue weighted by atomic mass is 35.5. The molecule has 0 saturated carbocycles. The zero-order valence-corrected chi connectivity index (χ0v) is 17.5. The standard InChI is InChI=1S/C22H24ClFN2O3/c1-22(2,3)29-21(27)26-11-8-15(9-12-26)18-5-4-10-25-20(18)28-14-16-6-7-17(23)13-19(16)24/h4-8,10,13H,9,11-12,14H2,1-3H3. The van der Waals surface area contributed by atoms with Crippen molar-refractivity contribution in [3.8, 4) is 5.88 Å². The van der Waals surface area contributed by atoms with Gasteiger partial charge in [0, 0.05) is 35.4 Å². The van der Waals surface area contributed by atoms with Crippen molar-refractivity contribution >= 4 is 23.3 Å². The summed E-state index contributed by atoms with van der Waals surface area (Å²) in [6.45, 7) is 6.58. The van der Waals surface area contributed by atoms with E-state index in [9.17, 15) is 9.18 Å². The van der Waals surface area contributed by atoms with Gasteiger partial charge in [-0.2, -0.15) is 0 Å². The van der Waals surface area contributed by atoms with Crippen molar-refractivity contribution in [2.45, 2.75) is 39.4 Å². The number of hydrogen-bond acceptors (Lipinski definition) is 4. The van der Waals surface area contributed by atoms with Crippen LogP contribution in [0.25, 0.3) is 5.57 Å². The average molecular weight is 419 g/mol. The van der Waals surface area contributed by atoms with Crippen molar-refractivity contribution in [1.82, 2.24) is 9.88 Å². The average Bonchev–Trinajstić information content (AvgIpc) is 2.66. The summed E-state index contributed by atoms with van der Waals surface area (Å²) in [6.07, 6.45) is 3.93. The van der Waals surface area contributed by atoms with Crippen LogP contribution in [0.4, 0.5) is 9.18 Å². The molecule has 2 heterocycles. The van der Waals surface area contributed by atoms with Gasteiger partial charge in [0.1, 0.15) is 18.0 Å². The van der Waals surface area contributed by atoms with E-state index in [1.807, 2.05) is 39.0 Å². The van der Waals surface area contributed by atoms with Gasteiger partial charge in [-0.15, -0.1) is 0 Å². The molecule has 0 fully saturated rings. The van der Waals surface area contributed by atoms with Gasteiger partial charge in [-0.25, -0.2) is 14.2 Å². The molecule has 5 nitrogen and oxygen atoms in total. The van der Waals surface area contributed by atoms with Crippen molar-refractivity contribution < 1.29 is 18.7 Å². The third-order valence-corrected chi connectivity index (χ3v) is 4.59. The van der Waals surface area contributed by atoms with Gasteiger partial charge in [0.2, 0.25) is 5.88 Å². The molecule has 1 amide bonds. The van der Waals surface area contributed by atoms with Crippen LogP contribution in [0.2, 0.25) is 5.02 Å². The van der Waals surface area contributed by atoms with E-state index in [2.05, 4.69) is 4.98 Å². The molecule has 0 aliphatic carbocycles. The third kappa shape index (κ3) is 5.70. The van der Waals surface area contributed by atoms with Gasteiger partial charge in [0.25, 0.3) is 0 Å². The number of halogens is 2. The monoisotopic (exact) mass is 418 g/mol. The molecule has 0 unspecified atom stereocenters. The van der Waals surface area contributed by atoms with Crippen LogP contribution in [0.3, 0.4) is 0 Å². The van der Waals surface area contributed by atoms with Crippen LogP contribution in [0.5, 0.6) is 5.88 Å². The molecule has 3 rings (SSSR count). The number of carbonyl (C=O) groups is 1. The Morgan fingerprint density at radius 3 is 2.76 bits per heavy atom. The Kier molecular flexibility index (Phi) is 6.42. The number of rotatable bonds is 4. The van der Waals surface area contributed by atoms with E-state index in [4.69, 9.17) is 21.1 Å². The minimum atomic E-state index is -0.525. The van der Waals surface area contributed by atoms with E-state index in [-0.39, 0.29) is 12.7 Å². The number of ether oxygens (including phenoxy) is 2. The number of nitrogens with zero attached hydrogens (tertiary/aromatic N) is 2. The van der Waals surface area contributed by atoms with Crippen LogP contribution in [0.15, 0.2) is 42.6 Å². The highest BCUT2D eigenvalue weighted by Gasteiger charge is 2.24. The molecule has 0 N–H and O–H groups in total. The summed E-state index contributed by atoms with van der Waals surface area (Å²) < 4.78 is 25.2. The van der Waals surface area contributed by atoms with Gasteiger partial charge in [0.15, 0.2) is 0 Å². The van der Waals surface area contributed by atoms with Crippen molar-refractivity contribution in [3.05, 3.63) is 64.6 Å². The fourth-order valence-corrected chi connectivity index (χ4v) is 3.10. The molecule has 0 saturated heterocycles. The lowest BCUT2D eigenvalue weighted by atomic mass is 10.0. The highest BCUT2D eigenvalue weighted by molar-refractivity contribution is 6.30. The van der Waals surface area contributed by atoms with Gasteiger partial charge in [-0.05, 0) is 57.0 Å². The van der Waals surface area contributed by atoms with Crippen LogP contribution in [-0.4, -0.2) is 34.7 Å². The lowest BCUT2D eigenvalue weighted by Crippen LogP contribution is -2.39. The molecule has 1 aromatic carbocycles. The molecule has 0 spiro atoms. The molecule has 2 aromatic rings. The Hall–Kier alpha value is -2.60. The van der Waals surface area contributed by atoms with E-state index in [0.717, 1.165) is 11.1 Å². The van der Waals surface area contributed by atoms with Crippen LogP contribution in [0.1, 0.15) is 38.3 Å². The fourth-order valence-electron chi connectivity index (χ4n) is 2.94. The summed E-state index contributed by atoms with van der Waals surface area (Å²) in [5.74, 6) is 0.0127. The molecule has 1 aromatic heterocycles. The summed E-state index contributed by atoms with van der Waals surface area (Å²) in [5, 5.41) is 0.340. The summed E-state index contributed by atoms with van der Waals surface area (Å²) in [6, 6.07) is 8.21. The number of amides is 1. The van der Waals surface area contributed by atoms with Gasteiger partial charge in [-0.3, -0.25) is 0 Å². The first kappa shape index (κ1) is 21.1. The molecule has 7 heteroatoms. The Labute approximate surface area is 175 Å². The van der Waals surface area contributed by atoms with Crippen LogP contribution < -0.4 is 4.74 Å². The molecule has 0 atom stereocenters. The first-order valence-corrected chi connectivity index (χ1v) is 9.80. The zero-order valence-electron chi connectivity index (χ0n) is 16.7. The molecule has 0 bridgehead atoms. The summed E-state index contributed by atoms with van der Waals surface area (Å²) in [4.78, 5) is 18.2.